The number of benzene rings is 1. The molecule has 208 valence electrons. The second kappa shape index (κ2) is 17.3. The standard InChI is InChI=1S/C38H46N2/c1-9-20-35(33(10-2)11-3)29-32(8)40(38-23-18-15-19-24-38)31(7)26-28-37(13-5)39-36(12-4)27-25-30(6)34-21-16-14-17-22-34/h9-11,13-21,23-29,34,36,39H,2,6-8,12,22H2,1,3-5H3/b20-9-,27-25-,28-26-,33-11-,35-29-,37-13+. The van der Waals surface area contributed by atoms with E-state index in [-0.39, 0.29) is 6.04 Å². The third-order valence-electron chi connectivity index (χ3n) is 6.68. The minimum absolute atomic E-state index is 0.189. The second-order valence-corrected chi connectivity index (χ2v) is 9.53. The van der Waals surface area contributed by atoms with Crippen LogP contribution in [0.4, 0.5) is 5.69 Å². The van der Waals surface area contributed by atoms with Crippen molar-refractivity contribution < 1.29 is 0 Å². The fraction of sp³-hybridized carbons (Fsp3) is 0.211. The fourth-order valence-electron chi connectivity index (χ4n) is 4.35. The lowest BCUT2D eigenvalue weighted by Crippen LogP contribution is -2.25. The van der Waals surface area contributed by atoms with Gasteiger partial charge in [-0.1, -0.05) is 118 Å². The van der Waals surface area contributed by atoms with Crippen LogP contribution in [-0.2, 0) is 0 Å². The molecule has 0 heterocycles. The molecule has 1 aromatic carbocycles. The normalized spacial score (nSPS) is 17.0. The topological polar surface area (TPSA) is 15.3 Å². The van der Waals surface area contributed by atoms with Crippen LogP contribution < -0.4 is 10.2 Å². The summed E-state index contributed by atoms with van der Waals surface area (Å²) in [4.78, 5) is 2.07. The van der Waals surface area contributed by atoms with E-state index in [0.29, 0.717) is 5.92 Å². The van der Waals surface area contributed by atoms with Crippen LogP contribution >= 0.6 is 0 Å². The van der Waals surface area contributed by atoms with E-state index in [9.17, 15) is 0 Å². The van der Waals surface area contributed by atoms with E-state index in [1.165, 1.54) is 0 Å². The van der Waals surface area contributed by atoms with Gasteiger partial charge in [0.05, 0.1) is 0 Å². The SMILES string of the molecule is C=CC(=C/C)/C(/C=C\C)=C\C(=C)N(C(=C)/C=C\C(=C/C)NC(/C=C\C(=C)C1C=CC=CC1)CC)c1ccccc1. The summed E-state index contributed by atoms with van der Waals surface area (Å²) in [5, 5.41) is 3.65. The summed E-state index contributed by atoms with van der Waals surface area (Å²) in [6.07, 6.45) is 31.2. The van der Waals surface area contributed by atoms with Crippen LogP contribution in [0.15, 0.2) is 176 Å². The second-order valence-electron chi connectivity index (χ2n) is 9.53. The molecule has 0 aliphatic heterocycles. The number of para-hydroxylation sites is 1. The summed E-state index contributed by atoms with van der Waals surface area (Å²) in [5.74, 6) is 0.373. The van der Waals surface area contributed by atoms with Gasteiger partial charge in [-0.2, -0.15) is 0 Å². The minimum Gasteiger partial charge on any atom is -0.379 e. The Bertz CT molecular complexity index is 1270. The number of allylic oxidation sites excluding steroid dienone is 16. The molecule has 0 radical (unpaired) electrons. The van der Waals surface area contributed by atoms with Gasteiger partial charge in [0.1, 0.15) is 0 Å². The van der Waals surface area contributed by atoms with Crippen molar-refractivity contribution in [2.45, 2.75) is 46.6 Å². The van der Waals surface area contributed by atoms with Gasteiger partial charge in [-0.05, 0) is 80.7 Å². The zero-order chi connectivity index (χ0) is 29.3. The van der Waals surface area contributed by atoms with Gasteiger partial charge in [0.15, 0.2) is 0 Å². The number of hydrogen-bond donors (Lipinski definition) is 1. The number of rotatable bonds is 15. The maximum atomic E-state index is 4.42. The Morgan fingerprint density at radius 2 is 1.70 bits per heavy atom. The highest BCUT2D eigenvalue weighted by atomic mass is 15.1. The molecular formula is C38H46N2. The van der Waals surface area contributed by atoms with Gasteiger partial charge in [0.2, 0.25) is 0 Å². The molecule has 1 aliphatic carbocycles. The summed E-state index contributed by atoms with van der Waals surface area (Å²) >= 11 is 0. The third-order valence-corrected chi connectivity index (χ3v) is 6.68. The minimum atomic E-state index is 0.189. The third kappa shape index (κ3) is 9.78. The number of anilines is 1. The van der Waals surface area contributed by atoms with Crippen molar-refractivity contribution in [3.05, 3.63) is 176 Å². The number of nitrogens with one attached hydrogen (secondary N) is 1. The Labute approximate surface area is 243 Å². The van der Waals surface area contributed by atoms with Crippen molar-refractivity contribution in [2.24, 2.45) is 5.92 Å². The first-order valence-corrected chi connectivity index (χ1v) is 14.1. The predicted molar refractivity (Wildman–Crippen MR) is 179 cm³/mol. The Balaban J connectivity index is 2.26. The molecule has 0 aromatic heterocycles. The number of nitrogens with zero attached hydrogens (tertiary/aromatic N) is 1. The van der Waals surface area contributed by atoms with E-state index < -0.39 is 0 Å². The highest BCUT2D eigenvalue weighted by Gasteiger charge is 2.13. The summed E-state index contributed by atoms with van der Waals surface area (Å²) in [6, 6.07) is 10.4. The smallest absolute Gasteiger partial charge is 0.0461 e. The maximum absolute atomic E-state index is 4.42. The van der Waals surface area contributed by atoms with Gasteiger partial charge in [-0.3, -0.25) is 0 Å². The van der Waals surface area contributed by atoms with Crippen LogP contribution in [0.2, 0.25) is 0 Å². The molecule has 0 saturated carbocycles. The maximum Gasteiger partial charge on any atom is 0.0461 e. The summed E-state index contributed by atoms with van der Waals surface area (Å²) in [5.41, 5.74) is 6.85. The average Bonchev–Trinajstić information content (AvgIpc) is 2.98. The molecule has 40 heavy (non-hydrogen) atoms. The van der Waals surface area contributed by atoms with E-state index >= 15 is 0 Å². The highest BCUT2D eigenvalue weighted by Crippen LogP contribution is 2.27. The number of hydrogen-bond acceptors (Lipinski definition) is 2. The van der Waals surface area contributed by atoms with Gasteiger partial charge in [0.25, 0.3) is 0 Å². The molecule has 0 spiro atoms. The lowest BCUT2D eigenvalue weighted by Gasteiger charge is -2.26. The first kappa shape index (κ1) is 31.9. The highest BCUT2D eigenvalue weighted by molar-refractivity contribution is 5.63. The Hall–Kier alpha value is -4.30. The average molecular weight is 531 g/mol. The summed E-state index contributed by atoms with van der Waals surface area (Å²) in [6.45, 7) is 25.3. The fourth-order valence-corrected chi connectivity index (χ4v) is 4.35. The van der Waals surface area contributed by atoms with E-state index in [0.717, 1.165) is 52.3 Å². The zero-order valence-electron chi connectivity index (χ0n) is 24.8. The molecule has 0 saturated heterocycles. The van der Waals surface area contributed by atoms with Crippen LogP contribution in [0.3, 0.4) is 0 Å². The van der Waals surface area contributed by atoms with Gasteiger partial charge in [0, 0.05) is 34.7 Å². The van der Waals surface area contributed by atoms with Crippen molar-refractivity contribution in [3.8, 4) is 0 Å². The van der Waals surface area contributed by atoms with Crippen molar-refractivity contribution in [1.82, 2.24) is 5.32 Å². The first-order valence-electron chi connectivity index (χ1n) is 14.1. The monoisotopic (exact) mass is 530 g/mol. The molecule has 1 aliphatic rings. The Kier molecular flexibility index (Phi) is 13.8. The van der Waals surface area contributed by atoms with Crippen LogP contribution in [-0.4, -0.2) is 6.04 Å². The van der Waals surface area contributed by atoms with Crippen molar-refractivity contribution in [1.29, 1.82) is 0 Å². The van der Waals surface area contributed by atoms with E-state index in [2.05, 4.69) is 122 Å². The van der Waals surface area contributed by atoms with Crippen LogP contribution in [0, 0.1) is 5.92 Å². The molecule has 2 unspecified atom stereocenters. The molecule has 0 bridgehead atoms. The van der Waals surface area contributed by atoms with Crippen molar-refractivity contribution in [3.63, 3.8) is 0 Å². The largest absolute Gasteiger partial charge is 0.379 e. The Morgan fingerprint density at radius 1 is 0.950 bits per heavy atom. The van der Waals surface area contributed by atoms with Gasteiger partial charge < -0.3 is 10.2 Å². The van der Waals surface area contributed by atoms with Crippen LogP contribution in [0.25, 0.3) is 0 Å². The lowest BCUT2D eigenvalue weighted by molar-refractivity contribution is 0.656. The molecular weight excluding hydrogens is 484 g/mol. The van der Waals surface area contributed by atoms with Gasteiger partial charge >= 0.3 is 0 Å². The lowest BCUT2D eigenvalue weighted by atomic mass is 9.92. The molecule has 0 amide bonds. The summed E-state index contributed by atoms with van der Waals surface area (Å²) < 4.78 is 0. The van der Waals surface area contributed by atoms with Crippen LogP contribution in [0.5, 0.6) is 0 Å². The predicted octanol–water partition coefficient (Wildman–Crippen LogP) is 10.2. The molecule has 0 fully saturated rings. The molecule has 1 N–H and O–H groups in total. The zero-order valence-corrected chi connectivity index (χ0v) is 24.8. The summed E-state index contributed by atoms with van der Waals surface area (Å²) in [7, 11) is 0. The molecule has 2 rings (SSSR count). The quantitative estimate of drug-likeness (QED) is 0.227. The van der Waals surface area contributed by atoms with Gasteiger partial charge in [-0.25, -0.2) is 0 Å². The first-order chi connectivity index (χ1) is 19.4. The van der Waals surface area contributed by atoms with Gasteiger partial charge in [-0.15, -0.1) is 0 Å². The molecule has 1 aromatic rings. The molecule has 2 atom stereocenters. The van der Waals surface area contributed by atoms with E-state index in [1.807, 2.05) is 57.2 Å². The van der Waals surface area contributed by atoms with Crippen molar-refractivity contribution in [2.75, 3.05) is 4.90 Å². The molecule has 2 heteroatoms. The van der Waals surface area contributed by atoms with E-state index in [1.54, 1.807) is 0 Å². The Morgan fingerprint density at radius 3 is 2.27 bits per heavy atom. The van der Waals surface area contributed by atoms with Crippen molar-refractivity contribution >= 4 is 5.69 Å². The van der Waals surface area contributed by atoms with Crippen LogP contribution in [0.1, 0.15) is 40.5 Å². The molecule has 2 nitrogen and oxygen atoms in total. The van der Waals surface area contributed by atoms with E-state index in [4.69, 9.17) is 0 Å².